The van der Waals surface area contributed by atoms with Gasteiger partial charge < -0.3 is 20.5 Å². The normalized spacial score (nSPS) is 23.4. The molecule has 0 saturated carbocycles. The maximum atomic E-state index is 9.34. The Morgan fingerprint density at radius 2 is 2.25 bits per heavy atom. The lowest BCUT2D eigenvalue weighted by Gasteiger charge is -2.30. The molecule has 0 saturated heterocycles. The van der Waals surface area contributed by atoms with Crippen LogP contribution in [0.1, 0.15) is 19.4 Å². The number of benzene rings is 1. The third kappa shape index (κ3) is 1.69. The lowest BCUT2D eigenvalue weighted by molar-refractivity contribution is 0.175. The zero-order valence-electron chi connectivity index (χ0n) is 11.4. The van der Waals surface area contributed by atoms with Gasteiger partial charge >= 0.3 is 0 Å². The van der Waals surface area contributed by atoms with Crippen LogP contribution in [0.2, 0.25) is 0 Å². The van der Waals surface area contributed by atoms with Crippen LogP contribution in [-0.4, -0.2) is 5.72 Å². The van der Waals surface area contributed by atoms with Gasteiger partial charge in [-0.3, -0.25) is 0 Å². The Bertz CT molecular complexity index is 685. The number of hydrogen-bond acceptors (Lipinski definition) is 5. The molecule has 1 atom stereocenters. The summed E-state index contributed by atoms with van der Waals surface area (Å²) in [5.74, 6) is 1.37. The Hall–Kier alpha value is -2.61. The minimum Gasteiger partial charge on any atom is -0.457 e. The summed E-state index contributed by atoms with van der Waals surface area (Å²) in [6, 6.07) is 8.00. The molecular weight excluding hydrogens is 254 g/mol. The van der Waals surface area contributed by atoms with E-state index in [-0.39, 0.29) is 11.5 Å². The Morgan fingerprint density at radius 3 is 2.95 bits per heavy atom. The minimum absolute atomic E-state index is 0.0727. The van der Waals surface area contributed by atoms with Gasteiger partial charge in [-0.15, -0.1) is 0 Å². The molecule has 5 heteroatoms. The van der Waals surface area contributed by atoms with Gasteiger partial charge in [-0.2, -0.15) is 5.26 Å². The number of allylic oxidation sites excluding steroid dienone is 1. The number of ether oxygens (including phenoxy) is 2. The quantitative estimate of drug-likeness (QED) is 0.818. The topological polar surface area (TPSA) is 80.3 Å². The number of fused-ring (bicyclic) bond motifs is 1. The van der Waals surface area contributed by atoms with E-state index in [1.807, 2.05) is 18.2 Å². The van der Waals surface area contributed by atoms with Gasteiger partial charge in [0.2, 0.25) is 11.6 Å². The van der Waals surface area contributed by atoms with Crippen LogP contribution in [0.15, 0.2) is 41.5 Å². The molecule has 0 fully saturated rings. The molecule has 2 aliphatic rings. The molecular formula is C15H15N3O2. The van der Waals surface area contributed by atoms with Gasteiger partial charge in [0.1, 0.15) is 17.6 Å². The van der Waals surface area contributed by atoms with Gasteiger partial charge in [0.15, 0.2) is 5.57 Å². The molecule has 0 bridgehead atoms. The molecule has 0 amide bonds. The number of nitrogens with one attached hydrogen (secondary N) is 1. The maximum Gasteiger partial charge on any atom is 0.245 e. The van der Waals surface area contributed by atoms with E-state index >= 15 is 0 Å². The molecule has 0 unspecified atom stereocenters. The second-order valence-corrected chi connectivity index (χ2v) is 4.85. The molecule has 0 aromatic heterocycles. The van der Waals surface area contributed by atoms with E-state index in [1.165, 1.54) is 5.56 Å². The number of rotatable bonds is 1. The average molecular weight is 269 g/mol. The second-order valence-electron chi connectivity index (χ2n) is 4.85. The van der Waals surface area contributed by atoms with Crippen molar-refractivity contribution in [3.05, 3.63) is 47.1 Å². The molecule has 3 rings (SSSR count). The van der Waals surface area contributed by atoms with Crippen molar-refractivity contribution in [2.24, 2.45) is 5.73 Å². The van der Waals surface area contributed by atoms with E-state index in [0.717, 1.165) is 12.1 Å². The van der Waals surface area contributed by atoms with E-state index in [0.29, 0.717) is 11.5 Å². The first kappa shape index (κ1) is 12.4. The Morgan fingerprint density at radius 1 is 1.45 bits per heavy atom. The van der Waals surface area contributed by atoms with Gasteiger partial charge in [0, 0.05) is 6.08 Å². The van der Waals surface area contributed by atoms with Crippen LogP contribution in [-0.2, 0) is 11.2 Å². The summed E-state index contributed by atoms with van der Waals surface area (Å²) >= 11 is 0. The van der Waals surface area contributed by atoms with E-state index in [1.54, 1.807) is 13.0 Å². The summed E-state index contributed by atoms with van der Waals surface area (Å²) in [5.41, 5.74) is 7.03. The number of aryl methyl sites for hydroxylation is 1. The monoisotopic (exact) mass is 269 g/mol. The largest absolute Gasteiger partial charge is 0.457 e. The fraction of sp³-hybridized carbons (Fsp3) is 0.267. The molecule has 20 heavy (non-hydrogen) atoms. The number of nitrogens with zero attached hydrogens (tertiary/aromatic N) is 1. The van der Waals surface area contributed by atoms with Crippen LogP contribution >= 0.6 is 0 Å². The van der Waals surface area contributed by atoms with Gasteiger partial charge in [-0.25, -0.2) is 0 Å². The van der Waals surface area contributed by atoms with E-state index < -0.39 is 5.72 Å². The molecule has 2 heterocycles. The van der Waals surface area contributed by atoms with Crippen molar-refractivity contribution in [1.82, 2.24) is 0 Å². The highest BCUT2D eigenvalue weighted by molar-refractivity contribution is 5.68. The Kier molecular flexibility index (Phi) is 2.61. The molecule has 2 aliphatic heterocycles. The SMILES string of the molecule is CCc1ccc2c(c1)N[C@]1(C=C(C)OC(N)=C1C#N)O2. The lowest BCUT2D eigenvalue weighted by atomic mass is 10.0. The van der Waals surface area contributed by atoms with Gasteiger partial charge in [0.05, 0.1) is 5.69 Å². The summed E-state index contributed by atoms with van der Waals surface area (Å²) in [7, 11) is 0. The highest BCUT2D eigenvalue weighted by Crippen LogP contribution is 2.43. The van der Waals surface area contributed by atoms with E-state index in [2.05, 4.69) is 18.3 Å². The van der Waals surface area contributed by atoms with Gasteiger partial charge in [-0.05, 0) is 31.0 Å². The summed E-state index contributed by atoms with van der Waals surface area (Å²) in [5, 5.41) is 12.6. The molecule has 0 aliphatic carbocycles. The summed E-state index contributed by atoms with van der Waals surface area (Å²) < 4.78 is 11.2. The van der Waals surface area contributed by atoms with E-state index in [9.17, 15) is 5.26 Å². The van der Waals surface area contributed by atoms with Crippen molar-refractivity contribution in [2.45, 2.75) is 26.0 Å². The highest BCUT2D eigenvalue weighted by atomic mass is 16.5. The predicted octanol–water partition coefficient (Wildman–Crippen LogP) is 2.38. The number of nitrogens with two attached hydrogens (primary N) is 1. The minimum atomic E-state index is -1.06. The summed E-state index contributed by atoms with van der Waals surface area (Å²) in [4.78, 5) is 0. The fourth-order valence-electron chi connectivity index (χ4n) is 2.50. The highest BCUT2D eigenvalue weighted by Gasteiger charge is 2.45. The van der Waals surface area contributed by atoms with E-state index in [4.69, 9.17) is 15.2 Å². The molecule has 3 N–H and O–H groups in total. The van der Waals surface area contributed by atoms with Crippen LogP contribution in [0.25, 0.3) is 0 Å². The van der Waals surface area contributed by atoms with Crippen molar-refractivity contribution in [3.8, 4) is 11.8 Å². The standard InChI is InChI=1S/C15H15N3O2/c1-3-10-4-5-13-12(6-10)18-15(20-13)7-9(2)19-14(17)11(15)8-16/h4-7,18H,3,17H2,1-2H3/t15-/m1/s1. The van der Waals surface area contributed by atoms with Crippen LogP contribution in [0.4, 0.5) is 5.69 Å². The smallest absolute Gasteiger partial charge is 0.245 e. The average Bonchev–Trinajstić information content (AvgIpc) is 2.74. The zero-order chi connectivity index (χ0) is 14.3. The first-order chi connectivity index (χ1) is 9.58. The maximum absolute atomic E-state index is 9.34. The third-order valence-electron chi connectivity index (χ3n) is 3.45. The molecule has 5 nitrogen and oxygen atoms in total. The second kappa shape index (κ2) is 4.20. The molecule has 1 aromatic carbocycles. The van der Waals surface area contributed by atoms with Crippen LogP contribution < -0.4 is 15.8 Å². The molecule has 102 valence electrons. The van der Waals surface area contributed by atoms with Crippen molar-refractivity contribution in [2.75, 3.05) is 5.32 Å². The molecule has 1 aromatic rings. The zero-order valence-corrected chi connectivity index (χ0v) is 11.4. The van der Waals surface area contributed by atoms with Gasteiger partial charge in [0.25, 0.3) is 0 Å². The number of anilines is 1. The Labute approximate surface area is 117 Å². The van der Waals surface area contributed by atoms with Gasteiger partial charge in [-0.1, -0.05) is 13.0 Å². The van der Waals surface area contributed by atoms with Crippen molar-refractivity contribution in [1.29, 1.82) is 5.26 Å². The van der Waals surface area contributed by atoms with Crippen molar-refractivity contribution in [3.63, 3.8) is 0 Å². The summed E-state index contributed by atoms with van der Waals surface area (Å²) in [6.45, 7) is 3.86. The van der Waals surface area contributed by atoms with Crippen LogP contribution in [0.5, 0.6) is 5.75 Å². The molecule has 0 radical (unpaired) electrons. The summed E-state index contributed by atoms with van der Waals surface area (Å²) in [6.07, 6.45) is 2.66. The Balaban J connectivity index is 2.08. The first-order valence-corrected chi connectivity index (χ1v) is 6.45. The van der Waals surface area contributed by atoms with Crippen molar-refractivity contribution < 1.29 is 9.47 Å². The number of nitriles is 1. The van der Waals surface area contributed by atoms with Crippen LogP contribution in [0, 0.1) is 11.3 Å². The van der Waals surface area contributed by atoms with Crippen LogP contribution in [0.3, 0.4) is 0 Å². The number of hydrogen-bond donors (Lipinski definition) is 2. The fourth-order valence-corrected chi connectivity index (χ4v) is 2.50. The predicted molar refractivity (Wildman–Crippen MR) is 74.5 cm³/mol. The molecule has 1 spiro atoms. The lowest BCUT2D eigenvalue weighted by Crippen LogP contribution is -2.44. The third-order valence-corrected chi connectivity index (χ3v) is 3.45. The van der Waals surface area contributed by atoms with Crippen molar-refractivity contribution >= 4 is 5.69 Å². The first-order valence-electron chi connectivity index (χ1n) is 6.45.